The highest BCUT2D eigenvalue weighted by Crippen LogP contribution is 2.28. The zero-order valence-corrected chi connectivity index (χ0v) is 12.9. The fourth-order valence-corrected chi connectivity index (χ4v) is 3.36. The van der Waals surface area contributed by atoms with E-state index in [9.17, 15) is 0 Å². The van der Waals surface area contributed by atoms with Crippen molar-refractivity contribution in [2.24, 2.45) is 0 Å². The first-order chi connectivity index (χ1) is 8.74. The van der Waals surface area contributed by atoms with Crippen LogP contribution in [0.2, 0.25) is 0 Å². The number of nitrogens with one attached hydrogen (secondary N) is 1. The van der Waals surface area contributed by atoms with Crippen molar-refractivity contribution in [3.8, 4) is 0 Å². The molecule has 2 unspecified atom stereocenters. The number of hydrogen-bond donors (Lipinski definition) is 1. The zero-order valence-electron chi connectivity index (χ0n) is 11.3. The van der Waals surface area contributed by atoms with E-state index < -0.39 is 0 Å². The Bertz CT molecular complexity index is 381. The standard InChI is InChI=1S/C15H23BrN2/c1-3-15(12-6-4-7-13(16)10-12)18-9-5-8-14(11-18)17-2/h4,6-7,10,14-15,17H,3,5,8-9,11H2,1-2H3. The lowest BCUT2D eigenvalue weighted by Gasteiger charge is -2.38. The van der Waals surface area contributed by atoms with Gasteiger partial charge >= 0.3 is 0 Å². The number of likely N-dealkylation sites (N-methyl/N-ethyl adjacent to an activating group) is 1. The molecule has 1 aromatic carbocycles. The molecule has 0 saturated carbocycles. The van der Waals surface area contributed by atoms with Gasteiger partial charge in [-0.2, -0.15) is 0 Å². The van der Waals surface area contributed by atoms with Crippen LogP contribution in [0.5, 0.6) is 0 Å². The van der Waals surface area contributed by atoms with Crippen LogP contribution in [0.1, 0.15) is 37.8 Å². The van der Waals surface area contributed by atoms with Gasteiger partial charge in [0, 0.05) is 23.1 Å². The molecule has 100 valence electrons. The first-order valence-electron chi connectivity index (χ1n) is 6.91. The molecule has 2 rings (SSSR count). The number of nitrogens with zero attached hydrogens (tertiary/aromatic N) is 1. The fourth-order valence-electron chi connectivity index (χ4n) is 2.94. The molecule has 1 saturated heterocycles. The molecule has 1 aliphatic rings. The van der Waals surface area contributed by atoms with Gasteiger partial charge in [0.15, 0.2) is 0 Å². The summed E-state index contributed by atoms with van der Waals surface area (Å²) >= 11 is 3.58. The molecule has 0 aromatic heterocycles. The molecule has 2 nitrogen and oxygen atoms in total. The normalized spacial score (nSPS) is 22.9. The van der Waals surface area contributed by atoms with Crippen molar-refractivity contribution in [3.63, 3.8) is 0 Å². The smallest absolute Gasteiger partial charge is 0.0346 e. The van der Waals surface area contributed by atoms with Crippen LogP contribution < -0.4 is 5.32 Å². The van der Waals surface area contributed by atoms with E-state index in [0.29, 0.717) is 12.1 Å². The Morgan fingerprint density at radius 3 is 3.00 bits per heavy atom. The third kappa shape index (κ3) is 3.34. The highest BCUT2D eigenvalue weighted by atomic mass is 79.9. The number of hydrogen-bond acceptors (Lipinski definition) is 2. The Morgan fingerprint density at radius 2 is 2.33 bits per heavy atom. The van der Waals surface area contributed by atoms with Gasteiger partial charge in [0.1, 0.15) is 0 Å². The minimum absolute atomic E-state index is 0.554. The fraction of sp³-hybridized carbons (Fsp3) is 0.600. The summed E-state index contributed by atoms with van der Waals surface area (Å²) in [4.78, 5) is 2.63. The predicted molar refractivity (Wildman–Crippen MR) is 80.8 cm³/mol. The van der Waals surface area contributed by atoms with Crippen LogP contribution in [0.25, 0.3) is 0 Å². The minimum atomic E-state index is 0.554. The number of likely N-dealkylation sites (tertiary alicyclic amines) is 1. The van der Waals surface area contributed by atoms with Crippen LogP contribution >= 0.6 is 15.9 Å². The second-order valence-electron chi connectivity index (χ2n) is 5.10. The molecule has 0 bridgehead atoms. The molecule has 0 radical (unpaired) electrons. The monoisotopic (exact) mass is 310 g/mol. The Kier molecular flexibility index (Phi) is 5.22. The van der Waals surface area contributed by atoms with E-state index in [1.807, 2.05) is 0 Å². The van der Waals surface area contributed by atoms with Crippen LogP contribution in [0.15, 0.2) is 28.7 Å². The van der Waals surface area contributed by atoms with Crippen molar-refractivity contribution in [1.82, 2.24) is 10.2 Å². The van der Waals surface area contributed by atoms with Crippen molar-refractivity contribution in [3.05, 3.63) is 34.3 Å². The summed E-state index contributed by atoms with van der Waals surface area (Å²) in [6.45, 7) is 4.68. The summed E-state index contributed by atoms with van der Waals surface area (Å²) in [6, 6.07) is 9.96. The van der Waals surface area contributed by atoms with Gasteiger partial charge in [-0.1, -0.05) is 35.0 Å². The number of halogens is 1. The molecule has 2 atom stereocenters. The van der Waals surface area contributed by atoms with Crippen LogP contribution in [0.4, 0.5) is 0 Å². The highest BCUT2D eigenvalue weighted by Gasteiger charge is 2.25. The number of benzene rings is 1. The molecule has 0 aliphatic carbocycles. The van der Waals surface area contributed by atoms with E-state index in [1.54, 1.807) is 0 Å². The molecule has 1 N–H and O–H groups in total. The molecular weight excluding hydrogens is 288 g/mol. The van der Waals surface area contributed by atoms with Gasteiger partial charge < -0.3 is 5.32 Å². The largest absolute Gasteiger partial charge is 0.316 e. The zero-order chi connectivity index (χ0) is 13.0. The van der Waals surface area contributed by atoms with Gasteiger partial charge in [-0.05, 0) is 50.6 Å². The molecule has 0 amide bonds. The molecule has 3 heteroatoms. The van der Waals surface area contributed by atoms with Gasteiger partial charge in [0.05, 0.1) is 0 Å². The molecule has 1 aromatic rings. The first kappa shape index (κ1) is 14.0. The third-order valence-corrected chi connectivity index (χ3v) is 4.42. The second-order valence-corrected chi connectivity index (χ2v) is 6.02. The van der Waals surface area contributed by atoms with Crippen molar-refractivity contribution >= 4 is 15.9 Å². The van der Waals surface area contributed by atoms with Gasteiger partial charge in [0.25, 0.3) is 0 Å². The van der Waals surface area contributed by atoms with Crippen LogP contribution in [-0.2, 0) is 0 Å². The van der Waals surface area contributed by atoms with E-state index >= 15 is 0 Å². The average molecular weight is 311 g/mol. The molecular formula is C15H23BrN2. The van der Waals surface area contributed by atoms with Crippen LogP contribution in [0.3, 0.4) is 0 Å². The Balaban J connectivity index is 2.12. The maximum absolute atomic E-state index is 3.58. The average Bonchev–Trinajstić information content (AvgIpc) is 2.40. The molecule has 18 heavy (non-hydrogen) atoms. The lowest BCUT2D eigenvalue weighted by atomic mass is 9.98. The van der Waals surface area contributed by atoms with E-state index in [4.69, 9.17) is 0 Å². The van der Waals surface area contributed by atoms with Crippen molar-refractivity contribution in [2.45, 2.75) is 38.3 Å². The van der Waals surface area contributed by atoms with E-state index in [0.717, 1.165) is 0 Å². The lowest BCUT2D eigenvalue weighted by Crippen LogP contribution is -2.45. The number of piperidine rings is 1. The quantitative estimate of drug-likeness (QED) is 0.914. The van der Waals surface area contributed by atoms with E-state index in [1.165, 1.54) is 42.4 Å². The molecule has 0 spiro atoms. The maximum atomic E-state index is 3.58. The van der Waals surface area contributed by atoms with E-state index in [-0.39, 0.29) is 0 Å². The molecule has 1 aliphatic heterocycles. The Labute approximate surface area is 119 Å². The molecule has 1 heterocycles. The van der Waals surface area contributed by atoms with Crippen molar-refractivity contribution < 1.29 is 0 Å². The van der Waals surface area contributed by atoms with Gasteiger partial charge in [-0.15, -0.1) is 0 Å². The Hall–Kier alpha value is -0.380. The SMILES string of the molecule is CCC(c1cccc(Br)c1)N1CCCC(NC)C1. The first-order valence-corrected chi connectivity index (χ1v) is 7.70. The van der Waals surface area contributed by atoms with Crippen molar-refractivity contribution in [1.29, 1.82) is 0 Å². The summed E-state index contributed by atoms with van der Waals surface area (Å²) in [6.07, 6.45) is 3.78. The summed E-state index contributed by atoms with van der Waals surface area (Å²) < 4.78 is 1.18. The maximum Gasteiger partial charge on any atom is 0.0346 e. The van der Waals surface area contributed by atoms with Crippen LogP contribution in [0, 0.1) is 0 Å². The third-order valence-electron chi connectivity index (χ3n) is 3.92. The second kappa shape index (κ2) is 6.69. The summed E-state index contributed by atoms with van der Waals surface area (Å²) in [7, 11) is 2.08. The minimum Gasteiger partial charge on any atom is -0.316 e. The summed E-state index contributed by atoms with van der Waals surface area (Å²) in [5.41, 5.74) is 1.43. The summed E-state index contributed by atoms with van der Waals surface area (Å²) in [5.74, 6) is 0. The van der Waals surface area contributed by atoms with Gasteiger partial charge in [-0.25, -0.2) is 0 Å². The van der Waals surface area contributed by atoms with Crippen LogP contribution in [-0.4, -0.2) is 31.1 Å². The number of rotatable bonds is 4. The summed E-state index contributed by atoms with van der Waals surface area (Å²) in [5, 5.41) is 3.42. The highest BCUT2D eigenvalue weighted by molar-refractivity contribution is 9.10. The van der Waals surface area contributed by atoms with Crippen molar-refractivity contribution in [2.75, 3.05) is 20.1 Å². The van der Waals surface area contributed by atoms with Gasteiger partial charge in [0.2, 0.25) is 0 Å². The van der Waals surface area contributed by atoms with E-state index in [2.05, 4.69) is 64.4 Å². The topological polar surface area (TPSA) is 15.3 Å². The lowest BCUT2D eigenvalue weighted by molar-refractivity contribution is 0.136. The predicted octanol–water partition coefficient (Wildman–Crippen LogP) is 3.58. The molecule has 1 fully saturated rings. The van der Waals surface area contributed by atoms with Gasteiger partial charge in [-0.3, -0.25) is 4.90 Å². The Morgan fingerprint density at radius 1 is 1.50 bits per heavy atom.